The molecule has 1 aromatic rings. The molecular formula is C22H29F6N3O. The van der Waals surface area contributed by atoms with Crippen molar-refractivity contribution in [2.24, 2.45) is 0 Å². The number of nitrogens with one attached hydrogen (secondary N) is 1. The van der Waals surface area contributed by atoms with Gasteiger partial charge in [0.2, 0.25) is 5.91 Å². The molecule has 1 aromatic carbocycles. The zero-order valence-corrected chi connectivity index (χ0v) is 17.9. The maximum Gasteiger partial charge on any atom is 0.416 e. The first-order valence-electron chi connectivity index (χ1n) is 11.1. The Balaban J connectivity index is 1.64. The van der Waals surface area contributed by atoms with Gasteiger partial charge in [0.25, 0.3) is 0 Å². The molecule has 2 aliphatic rings. The summed E-state index contributed by atoms with van der Waals surface area (Å²) >= 11 is 0. The summed E-state index contributed by atoms with van der Waals surface area (Å²) in [5.41, 5.74) is -2.98. The molecule has 10 heteroatoms. The minimum absolute atomic E-state index is 0.0921. The highest BCUT2D eigenvalue weighted by Crippen LogP contribution is 2.36. The molecular weight excluding hydrogens is 436 g/mol. The third-order valence-corrected chi connectivity index (χ3v) is 6.18. The third-order valence-electron chi connectivity index (χ3n) is 6.18. The van der Waals surface area contributed by atoms with Crippen molar-refractivity contribution in [1.82, 2.24) is 15.1 Å². The van der Waals surface area contributed by atoms with Crippen LogP contribution in [-0.2, 0) is 23.7 Å². The maximum atomic E-state index is 13.0. The van der Waals surface area contributed by atoms with Gasteiger partial charge in [-0.2, -0.15) is 26.3 Å². The van der Waals surface area contributed by atoms with Crippen LogP contribution in [0.2, 0.25) is 0 Å². The first kappa shape index (κ1) is 24.8. The summed E-state index contributed by atoms with van der Waals surface area (Å²) in [5, 5.41) is 2.57. The number of halogens is 6. The molecule has 0 aliphatic carbocycles. The Hall–Kier alpha value is -1.81. The fourth-order valence-corrected chi connectivity index (χ4v) is 4.44. The lowest BCUT2D eigenvalue weighted by Crippen LogP contribution is -2.51. The summed E-state index contributed by atoms with van der Waals surface area (Å²) in [6.45, 7) is 4.03. The van der Waals surface area contributed by atoms with E-state index in [4.69, 9.17) is 0 Å². The number of hydrogen-bond acceptors (Lipinski definition) is 3. The molecule has 2 aliphatic heterocycles. The standard InChI is InChI=1S/C22H29F6N3O/c23-21(24,25)17-12-16(13-18(14-17)22(26,27)28)15-29-20(32)19-6-2-5-9-31(19)11-10-30-7-3-1-4-8-30/h12-14,19H,1-11,15H2,(H,29,32)/t19-/m0/s1. The molecule has 0 unspecified atom stereocenters. The average Bonchev–Trinajstić information content (AvgIpc) is 2.75. The molecule has 0 spiro atoms. The Bertz CT molecular complexity index is 742. The van der Waals surface area contributed by atoms with Crippen LogP contribution in [0.15, 0.2) is 18.2 Å². The number of piperidine rings is 2. The smallest absolute Gasteiger partial charge is 0.351 e. The number of carbonyl (C=O) groups excluding carboxylic acids is 1. The summed E-state index contributed by atoms with van der Waals surface area (Å²) in [6.07, 6.45) is -3.80. The molecule has 0 aromatic heterocycles. The van der Waals surface area contributed by atoms with Crippen molar-refractivity contribution in [2.45, 2.75) is 63.5 Å². The zero-order valence-electron chi connectivity index (χ0n) is 17.9. The number of likely N-dealkylation sites (tertiary alicyclic amines) is 2. The van der Waals surface area contributed by atoms with Crippen molar-refractivity contribution in [3.8, 4) is 0 Å². The van der Waals surface area contributed by atoms with Gasteiger partial charge >= 0.3 is 12.4 Å². The summed E-state index contributed by atoms with van der Waals surface area (Å²) in [6, 6.07) is 0.991. The van der Waals surface area contributed by atoms with Crippen LogP contribution in [0.25, 0.3) is 0 Å². The van der Waals surface area contributed by atoms with Crippen LogP contribution in [0.5, 0.6) is 0 Å². The quantitative estimate of drug-likeness (QED) is 0.620. The number of alkyl halides is 6. The van der Waals surface area contributed by atoms with Gasteiger partial charge in [0.05, 0.1) is 17.2 Å². The van der Waals surface area contributed by atoms with Crippen LogP contribution < -0.4 is 5.32 Å². The minimum atomic E-state index is -4.91. The predicted molar refractivity (Wildman–Crippen MR) is 108 cm³/mol. The molecule has 2 fully saturated rings. The Morgan fingerprint density at radius 3 is 2.03 bits per heavy atom. The molecule has 3 rings (SSSR count). The Labute approximate surface area is 183 Å². The van der Waals surface area contributed by atoms with Gasteiger partial charge in [0.15, 0.2) is 0 Å². The number of benzene rings is 1. The van der Waals surface area contributed by atoms with E-state index in [1.807, 2.05) is 0 Å². The van der Waals surface area contributed by atoms with Crippen molar-refractivity contribution < 1.29 is 31.1 Å². The minimum Gasteiger partial charge on any atom is -0.351 e. The van der Waals surface area contributed by atoms with E-state index in [0.717, 1.165) is 45.6 Å². The summed E-state index contributed by atoms with van der Waals surface area (Å²) in [4.78, 5) is 17.2. The van der Waals surface area contributed by atoms with Gasteiger partial charge in [-0.25, -0.2) is 0 Å². The first-order chi connectivity index (χ1) is 15.0. The molecule has 0 saturated carbocycles. The van der Waals surface area contributed by atoms with Gasteiger partial charge in [0.1, 0.15) is 0 Å². The topological polar surface area (TPSA) is 35.6 Å². The first-order valence-corrected chi connectivity index (χ1v) is 11.1. The van der Waals surface area contributed by atoms with E-state index in [9.17, 15) is 31.1 Å². The fourth-order valence-electron chi connectivity index (χ4n) is 4.44. The second-order valence-corrected chi connectivity index (χ2v) is 8.58. The predicted octanol–water partition coefficient (Wildman–Crippen LogP) is 4.68. The average molecular weight is 465 g/mol. The molecule has 0 radical (unpaired) electrons. The molecule has 1 N–H and O–H groups in total. The van der Waals surface area contributed by atoms with E-state index < -0.39 is 29.5 Å². The largest absolute Gasteiger partial charge is 0.416 e. The summed E-state index contributed by atoms with van der Waals surface area (Å²) in [7, 11) is 0. The SMILES string of the molecule is O=C(NCc1cc(C(F)(F)F)cc(C(F)(F)F)c1)[C@@H]1CCCCN1CCN1CCCCC1. The highest BCUT2D eigenvalue weighted by molar-refractivity contribution is 5.81. The van der Waals surface area contributed by atoms with E-state index in [1.54, 1.807) is 0 Å². The van der Waals surface area contributed by atoms with Crippen molar-refractivity contribution in [3.63, 3.8) is 0 Å². The van der Waals surface area contributed by atoms with Gasteiger partial charge in [-0.05, 0) is 69.1 Å². The van der Waals surface area contributed by atoms with Crippen LogP contribution in [-0.4, -0.2) is 54.5 Å². The van der Waals surface area contributed by atoms with Crippen molar-refractivity contribution >= 4 is 5.91 Å². The highest BCUT2D eigenvalue weighted by atomic mass is 19.4. The number of rotatable bonds is 6. The number of hydrogen-bond donors (Lipinski definition) is 1. The second kappa shape index (κ2) is 10.4. The van der Waals surface area contributed by atoms with E-state index in [1.165, 1.54) is 19.3 Å². The third kappa shape index (κ3) is 6.84. The lowest BCUT2D eigenvalue weighted by Gasteiger charge is -2.36. The summed E-state index contributed by atoms with van der Waals surface area (Å²) in [5.74, 6) is -0.352. The number of carbonyl (C=O) groups is 1. The monoisotopic (exact) mass is 465 g/mol. The Kier molecular flexibility index (Phi) is 8.08. The van der Waals surface area contributed by atoms with Gasteiger partial charge in [-0.15, -0.1) is 0 Å². The molecule has 4 nitrogen and oxygen atoms in total. The van der Waals surface area contributed by atoms with E-state index in [2.05, 4.69) is 15.1 Å². The van der Waals surface area contributed by atoms with Crippen LogP contribution >= 0.6 is 0 Å². The number of amides is 1. The summed E-state index contributed by atoms with van der Waals surface area (Å²) < 4.78 is 78.3. The van der Waals surface area contributed by atoms with Crippen LogP contribution in [0, 0.1) is 0 Å². The van der Waals surface area contributed by atoms with Crippen molar-refractivity contribution in [3.05, 3.63) is 34.9 Å². The van der Waals surface area contributed by atoms with Gasteiger partial charge in [0, 0.05) is 19.6 Å². The van der Waals surface area contributed by atoms with Crippen molar-refractivity contribution in [1.29, 1.82) is 0 Å². The molecule has 1 amide bonds. The van der Waals surface area contributed by atoms with E-state index in [0.29, 0.717) is 18.6 Å². The second-order valence-electron chi connectivity index (χ2n) is 8.58. The fraction of sp³-hybridized carbons (Fsp3) is 0.682. The van der Waals surface area contributed by atoms with E-state index in [-0.39, 0.29) is 24.1 Å². The van der Waals surface area contributed by atoms with Crippen LogP contribution in [0.1, 0.15) is 55.2 Å². The Morgan fingerprint density at radius 1 is 0.844 bits per heavy atom. The molecule has 32 heavy (non-hydrogen) atoms. The molecule has 1 atom stereocenters. The number of nitrogens with zero attached hydrogens (tertiary/aromatic N) is 2. The molecule has 2 heterocycles. The van der Waals surface area contributed by atoms with Gasteiger partial charge in [-0.3, -0.25) is 9.69 Å². The molecule has 0 bridgehead atoms. The molecule has 2 saturated heterocycles. The Morgan fingerprint density at radius 2 is 1.44 bits per heavy atom. The molecule has 180 valence electrons. The van der Waals surface area contributed by atoms with Gasteiger partial charge in [-0.1, -0.05) is 12.8 Å². The van der Waals surface area contributed by atoms with E-state index >= 15 is 0 Å². The lowest BCUT2D eigenvalue weighted by molar-refractivity contribution is -0.143. The van der Waals surface area contributed by atoms with Crippen LogP contribution in [0.4, 0.5) is 26.3 Å². The lowest BCUT2D eigenvalue weighted by atomic mass is 10.0. The zero-order chi connectivity index (χ0) is 23.4. The van der Waals surface area contributed by atoms with Gasteiger partial charge < -0.3 is 10.2 Å². The highest BCUT2D eigenvalue weighted by Gasteiger charge is 2.37. The van der Waals surface area contributed by atoms with Crippen molar-refractivity contribution in [2.75, 3.05) is 32.7 Å². The normalized spacial score (nSPS) is 21.5. The van der Waals surface area contributed by atoms with Crippen LogP contribution in [0.3, 0.4) is 0 Å². The maximum absolute atomic E-state index is 13.0.